The fourth-order valence-corrected chi connectivity index (χ4v) is 5.93. The summed E-state index contributed by atoms with van der Waals surface area (Å²) in [7, 11) is 0. The van der Waals surface area contributed by atoms with Gasteiger partial charge < -0.3 is 81.7 Å². The minimum absolute atomic E-state index is 0.0304. The van der Waals surface area contributed by atoms with Gasteiger partial charge in [0.1, 0.15) is 54.7 Å². The molecule has 2 heterocycles. The van der Waals surface area contributed by atoms with Gasteiger partial charge >= 0.3 is 0 Å². The van der Waals surface area contributed by atoms with Gasteiger partial charge in [-0.25, -0.2) is 0 Å². The monoisotopic (exact) mass is 654 g/mol. The lowest BCUT2D eigenvalue weighted by atomic mass is 9.82. The number of amidine groups is 1. The van der Waals surface area contributed by atoms with E-state index >= 15 is 0 Å². The molecule has 17 nitrogen and oxygen atoms in total. The Balaban J connectivity index is 1.80. The molecule has 2 aliphatic heterocycles. The van der Waals surface area contributed by atoms with E-state index in [9.17, 15) is 35.7 Å². The zero-order valence-corrected chi connectivity index (χ0v) is 25.8. The van der Waals surface area contributed by atoms with Crippen molar-refractivity contribution in [3.8, 4) is 0 Å². The maximum absolute atomic E-state index is 11.6. The second kappa shape index (κ2) is 16.8. The van der Waals surface area contributed by atoms with Gasteiger partial charge in [0.05, 0.1) is 37.0 Å². The summed E-state index contributed by atoms with van der Waals surface area (Å²) in [5.41, 5.74) is 11.4. The number of nitrogens with one attached hydrogen (secondary N) is 2. The molecule has 10 unspecified atom stereocenters. The molecular weight excluding hydrogens is 600 g/mol. The number of ether oxygens (including phenoxy) is 4. The zero-order chi connectivity index (χ0) is 33.6. The zero-order valence-electron chi connectivity index (χ0n) is 25.8. The van der Waals surface area contributed by atoms with Crippen molar-refractivity contribution >= 4 is 5.84 Å². The number of rotatable bonds is 14. The molecule has 264 valence electrons. The molecule has 0 spiro atoms. The third-order valence-electron chi connectivity index (χ3n) is 9.24. The maximum atomic E-state index is 11.6. The van der Waals surface area contributed by atoms with Crippen molar-refractivity contribution in [3.63, 3.8) is 0 Å². The van der Waals surface area contributed by atoms with Gasteiger partial charge in [-0.2, -0.15) is 0 Å². The quantitative estimate of drug-likeness (QED) is 0.0475. The van der Waals surface area contributed by atoms with E-state index in [1.807, 2.05) is 0 Å². The first-order chi connectivity index (χ1) is 21.1. The van der Waals surface area contributed by atoms with Crippen LogP contribution < -0.4 is 16.8 Å². The summed E-state index contributed by atoms with van der Waals surface area (Å²) >= 11 is 0. The Hall–Kier alpha value is -1.13. The molecule has 17 heteroatoms. The average molecular weight is 655 g/mol. The fraction of sp³-hybridized carbons (Fsp3) is 0.964. The predicted octanol–water partition coefficient (Wildman–Crippen LogP) is -4.68. The molecule has 1 saturated carbocycles. The first kappa shape index (κ1) is 38.3. The topological polar surface area (TPSA) is 307 Å². The van der Waals surface area contributed by atoms with E-state index in [0.29, 0.717) is 25.7 Å². The van der Waals surface area contributed by atoms with Crippen molar-refractivity contribution in [3.05, 3.63) is 0 Å². The number of hydrogen-bond donors (Lipinski definition) is 13. The minimum Gasteiger partial charge on any atom is -0.396 e. The van der Waals surface area contributed by atoms with Crippen LogP contribution in [0.25, 0.3) is 0 Å². The third-order valence-corrected chi connectivity index (χ3v) is 9.24. The summed E-state index contributed by atoms with van der Waals surface area (Å²) < 4.78 is 23.9. The largest absolute Gasteiger partial charge is 0.396 e. The Bertz CT molecular complexity index is 922. The van der Waals surface area contributed by atoms with Crippen LogP contribution in [0.5, 0.6) is 0 Å². The molecule has 3 aliphatic rings. The highest BCUT2D eigenvalue weighted by atomic mass is 16.7. The highest BCUT2D eigenvalue weighted by Gasteiger charge is 2.51. The molecule has 16 atom stereocenters. The van der Waals surface area contributed by atoms with E-state index < -0.39 is 103 Å². The number of aliphatic hydroxyl groups is 9. The van der Waals surface area contributed by atoms with Crippen molar-refractivity contribution in [2.75, 3.05) is 19.8 Å². The molecule has 0 aromatic rings. The summed E-state index contributed by atoms with van der Waals surface area (Å²) in [6.07, 6.45) is -12.2. The lowest BCUT2D eigenvalue weighted by Crippen LogP contribution is -2.68. The van der Waals surface area contributed by atoms with Gasteiger partial charge in [0.25, 0.3) is 0 Å². The minimum atomic E-state index is -2.06. The van der Waals surface area contributed by atoms with Crippen molar-refractivity contribution in [1.29, 1.82) is 5.41 Å². The first-order valence-electron chi connectivity index (χ1n) is 15.6. The molecule has 3 rings (SSSR count). The molecule has 15 N–H and O–H groups in total. The summed E-state index contributed by atoms with van der Waals surface area (Å²) in [5.74, 6) is -1.40. The van der Waals surface area contributed by atoms with E-state index in [4.69, 9.17) is 46.0 Å². The van der Waals surface area contributed by atoms with E-state index in [1.54, 1.807) is 6.92 Å². The van der Waals surface area contributed by atoms with E-state index in [0.717, 1.165) is 6.42 Å². The van der Waals surface area contributed by atoms with Crippen LogP contribution in [-0.4, -0.2) is 163 Å². The smallest absolute Gasteiger partial charge is 0.184 e. The van der Waals surface area contributed by atoms with Gasteiger partial charge in [-0.15, -0.1) is 0 Å². The van der Waals surface area contributed by atoms with E-state index in [2.05, 4.69) is 5.32 Å². The standard InChI is InChI=1S/C28H54N4O13/c1-12-18(36)27(42-11-28(12,2)41)45-24-16(32-25(31)21(39)20(38)19(37)17(35)10-34)9-15(30)23(22(24)40)44-26-14(29)7-6-13(43-26)5-3-4-8-33/h12-24,26-27,33-41H,3-11,29-30H2,1-2H3,(H2,31,32)/t12-,13-,14?,15+,16-,17?,18?,19?,20?,21?,22?,23?,24?,26-,27-,28?/m1/s1. The second-order valence-electron chi connectivity index (χ2n) is 12.8. The van der Waals surface area contributed by atoms with Gasteiger partial charge in [0.2, 0.25) is 0 Å². The summed E-state index contributed by atoms with van der Waals surface area (Å²) in [6.45, 7) is 2.08. The summed E-state index contributed by atoms with van der Waals surface area (Å²) in [4.78, 5) is 0. The Morgan fingerprint density at radius 2 is 1.64 bits per heavy atom. The first-order valence-corrected chi connectivity index (χ1v) is 15.6. The molecule has 45 heavy (non-hydrogen) atoms. The van der Waals surface area contributed by atoms with Crippen molar-refractivity contribution in [2.45, 2.75) is 144 Å². The third kappa shape index (κ3) is 9.49. The Morgan fingerprint density at radius 1 is 0.978 bits per heavy atom. The van der Waals surface area contributed by atoms with Crippen molar-refractivity contribution in [2.24, 2.45) is 17.4 Å². The molecule has 0 radical (unpaired) electrons. The van der Waals surface area contributed by atoms with Crippen LogP contribution in [0.4, 0.5) is 0 Å². The molecule has 0 bridgehead atoms. The number of hydrogen-bond acceptors (Lipinski definition) is 16. The summed E-state index contributed by atoms with van der Waals surface area (Å²) in [5, 5.41) is 103. The molecule has 0 aromatic heterocycles. The summed E-state index contributed by atoms with van der Waals surface area (Å²) in [6, 6.07) is -2.45. The predicted molar refractivity (Wildman–Crippen MR) is 156 cm³/mol. The fourth-order valence-electron chi connectivity index (χ4n) is 5.93. The van der Waals surface area contributed by atoms with Gasteiger partial charge in [-0.05, 0) is 45.4 Å². The number of nitrogens with two attached hydrogens (primary N) is 2. The molecule has 1 aliphatic carbocycles. The van der Waals surface area contributed by atoms with Crippen molar-refractivity contribution < 1.29 is 64.9 Å². The Labute approximate surface area is 262 Å². The van der Waals surface area contributed by atoms with Gasteiger partial charge in [-0.3, -0.25) is 5.41 Å². The molecular formula is C28H54N4O13. The lowest BCUT2D eigenvalue weighted by molar-refractivity contribution is -0.313. The Kier molecular flexibility index (Phi) is 14.3. The molecule has 0 aromatic carbocycles. The van der Waals surface area contributed by atoms with Crippen LogP contribution in [0.15, 0.2) is 0 Å². The van der Waals surface area contributed by atoms with Crippen LogP contribution in [0.2, 0.25) is 0 Å². The highest BCUT2D eigenvalue weighted by molar-refractivity contribution is 5.84. The van der Waals surface area contributed by atoms with Crippen LogP contribution in [-0.2, 0) is 18.9 Å². The normalized spacial score (nSPS) is 42.0. The van der Waals surface area contributed by atoms with E-state index in [-0.39, 0.29) is 25.7 Å². The molecule has 3 fully saturated rings. The molecule has 2 saturated heterocycles. The lowest BCUT2D eigenvalue weighted by Gasteiger charge is -2.49. The van der Waals surface area contributed by atoms with Crippen LogP contribution >= 0.6 is 0 Å². The molecule has 0 amide bonds. The Morgan fingerprint density at radius 3 is 2.29 bits per heavy atom. The number of aliphatic hydroxyl groups excluding tert-OH is 8. The van der Waals surface area contributed by atoms with Crippen molar-refractivity contribution in [1.82, 2.24) is 5.32 Å². The number of unbranched alkanes of at least 4 members (excludes halogenated alkanes) is 1. The van der Waals surface area contributed by atoms with Gasteiger partial charge in [0, 0.05) is 18.6 Å². The SMILES string of the molecule is C[C@@H]1C(O)[C@@H](OC2C(O)C(O[C@H]3O[C@H](CCCCO)CCC3N)[C@@H](N)C[C@H]2NC(=N)C(O)C(O)C(O)C(O)CO)OCC1(C)O. The van der Waals surface area contributed by atoms with Gasteiger partial charge in [0.15, 0.2) is 12.6 Å². The van der Waals surface area contributed by atoms with E-state index in [1.165, 1.54) is 6.92 Å². The van der Waals surface area contributed by atoms with Crippen LogP contribution in [0.1, 0.15) is 52.4 Å². The van der Waals surface area contributed by atoms with Crippen LogP contribution in [0, 0.1) is 11.3 Å². The average Bonchev–Trinajstić information content (AvgIpc) is 3.00. The van der Waals surface area contributed by atoms with Crippen LogP contribution in [0.3, 0.4) is 0 Å². The highest BCUT2D eigenvalue weighted by Crippen LogP contribution is 2.34. The van der Waals surface area contributed by atoms with Gasteiger partial charge in [-0.1, -0.05) is 6.92 Å². The second-order valence-corrected chi connectivity index (χ2v) is 12.8. The maximum Gasteiger partial charge on any atom is 0.184 e.